The third kappa shape index (κ3) is 3.64. The fourth-order valence-corrected chi connectivity index (χ4v) is 4.60. The second kappa shape index (κ2) is 8.14. The van der Waals surface area contributed by atoms with Gasteiger partial charge in [-0.1, -0.05) is 11.6 Å². The zero-order chi connectivity index (χ0) is 26.0. The van der Waals surface area contributed by atoms with Crippen molar-refractivity contribution in [1.29, 1.82) is 0 Å². The summed E-state index contributed by atoms with van der Waals surface area (Å²) >= 11 is 6.20. The molecule has 0 saturated heterocycles. The SMILES string of the molecule is O=C1N[C@@H](c2cc(F)ccc2Cl)c2c(NC(=O)N3C[C@@](O)(C(F)(F)F)c4cc(F)ccc43)ccnc21. The number of anilines is 2. The van der Waals surface area contributed by atoms with E-state index in [2.05, 4.69) is 15.6 Å². The average molecular weight is 525 g/mol. The molecule has 0 saturated carbocycles. The van der Waals surface area contributed by atoms with Gasteiger partial charge >= 0.3 is 12.2 Å². The second-order valence-electron chi connectivity index (χ2n) is 8.23. The molecule has 2 atom stereocenters. The largest absolute Gasteiger partial charge is 0.423 e. The highest BCUT2D eigenvalue weighted by molar-refractivity contribution is 6.31. The van der Waals surface area contributed by atoms with Crippen LogP contribution in [0.5, 0.6) is 0 Å². The van der Waals surface area contributed by atoms with E-state index in [1.807, 2.05) is 0 Å². The number of β-amino-alcohol motifs (C(OH)–C–C–N with tert-alkyl or cyclic N) is 1. The number of halogens is 6. The molecule has 2 aliphatic heterocycles. The molecule has 36 heavy (non-hydrogen) atoms. The number of hydrogen-bond donors (Lipinski definition) is 3. The summed E-state index contributed by atoms with van der Waals surface area (Å²) in [5, 5.41) is 15.5. The van der Waals surface area contributed by atoms with Crippen LogP contribution in [0.4, 0.5) is 38.1 Å². The summed E-state index contributed by atoms with van der Waals surface area (Å²) in [5.74, 6) is -2.30. The Kier molecular flexibility index (Phi) is 5.41. The molecule has 3 heterocycles. The van der Waals surface area contributed by atoms with Gasteiger partial charge in [-0.15, -0.1) is 0 Å². The lowest BCUT2D eigenvalue weighted by Gasteiger charge is -2.27. The Hall–Kier alpha value is -3.77. The number of rotatable bonds is 2. The molecule has 1 aromatic heterocycles. The number of alkyl halides is 3. The van der Waals surface area contributed by atoms with Gasteiger partial charge in [0, 0.05) is 27.9 Å². The monoisotopic (exact) mass is 524 g/mol. The van der Waals surface area contributed by atoms with Crippen molar-refractivity contribution in [2.45, 2.75) is 17.8 Å². The van der Waals surface area contributed by atoms with E-state index in [1.54, 1.807) is 0 Å². The first-order valence-corrected chi connectivity index (χ1v) is 10.7. The third-order valence-corrected chi connectivity index (χ3v) is 6.42. The van der Waals surface area contributed by atoms with E-state index < -0.39 is 53.5 Å². The van der Waals surface area contributed by atoms with E-state index in [0.29, 0.717) is 11.0 Å². The maximum atomic E-state index is 13.9. The first-order chi connectivity index (χ1) is 16.9. The number of nitrogens with one attached hydrogen (secondary N) is 2. The first kappa shape index (κ1) is 23.9. The minimum Gasteiger partial charge on any atom is -0.375 e. The lowest BCUT2D eigenvalue weighted by Crippen LogP contribution is -2.48. The van der Waals surface area contributed by atoms with Gasteiger partial charge in [-0.25, -0.2) is 13.6 Å². The van der Waals surface area contributed by atoms with Crippen molar-refractivity contribution in [3.8, 4) is 0 Å². The molecule has 0 unspecified atom stereocenters. The average Bonchev–Trinajstić information content (AvgIpc) is 3.31. The second-order valence-corrected chi connectivity index (χ2v) is 8.64. The molecule has 0 spiro atoms. The van der Waals surface area contributed by atoms with Crippen LogP contribution in [0.25, 0.3) is 0 Å². The van der Waals surface area contributed by atoms with Gasteiger partial charge in [-0.05, 0) is 42.5 Å². The number of aromatic nitrogens is 1. The molecular formula is C23H14ClF5N4O3. The van der Waals surface area contributed by atoms with Gasteiger partial charge in [0.05, 0.1) is 24.0 Å². The number of aliphatic hydroxyl groups is 1. The van der Waals surface area contributed by atoms with Crippen LogP contribution in [-0.4, -0.2) is 34.7 Å². The van der Waals surface area contributed by atoms with E-state index in [4.69, 9.17) is 11.6 Å². The highest BCUT2D eigenvalue weighted by Gasteiger charge is 2.61. The lowest BCUT2D eigenvalue weighted by molar-refractivity contribution is -0.258. The van der Waals surface area contributed by atoms with Crippen molar-refractivity contribution in [3.05, 3.63) is 87.7 Å². The third-order valence-electron chi connectivity index (χ3n) is 6.08. The molecule has 5 rings (SSSR count). The topological polar surface area (TPSA) is 94.6 Å². The van der Waals surface area contributed by atoms with Gasteiger partial charge in [-0.2, -0.15) is 13.2 Å². The predicted molar refractivity (Wildman–Crippen MR) is 118 cm³/mol. The maximum absolute atomic E-state index is 13.9. The van der Waals surface area contributed by atoms with Gasteiger partial charge in [0.1, 0.15) is 17.3 Å². The fraction of sp³-hybridized carbons (Fsp3) is 0.174. The number of nitrogens with zero attached hydrogens (tertiary/aromatic N) is 2. The molecule has 3 amide bonds. The smallest absolute Gasteiger partial charge is 0.375 e. The summed E-state index contributed by atoms with van der Waals surface area (Å²) in [6.07, 6.45) is -4.01. The number of hydrogen-bond acceptors (Lipinski definition) is 4. The van der Waals surface area contributed by atoms with E-state index >= 15 is 0 Å². The number of amides is 3. The normalized spacial score (nSPS) is 20.7. The number of fused-ring (bicyclic) bond motifs is 2. The molecule has 2 aromatic carbocycles. The van der Waals surface area contributed by atoms with Crippen LogP contribution < -0.4 is 15.5 Å². The van der Waals surface area contributed by atoms with Crippen LogP contribution in [-0.2, 0) is 5.60 Å². The molecule has 0 aliphatic carbocycles. The molecular weight excluding hydrogens is 511 g/mol. The van der Waals surface area contributed by atoms with Crippen molar-refractivity contribution in [3.63, 3.8) is 0 Å². The van der Waals surface area contributed by atoms with Crippen LogP contribution >= 0.6 is 11.6 Å². The Bertz CT molecular complexity index is 1430. The number of benzene rings is 2. The molecule has 0 radical (unpaired) electrons. The lowest BCUT2D eigenvalue weighted by atomic mass is 9.95. The molecule has 0 fully saturated rings. The maximum Gasteiger partial charge on any atom is 0.423 e. The molecule has 7 nitrogen and oxygen atoms in total. The Morgan fingerprint density at radius 2 is 1.86 bits per heavy atom. The highest BCUT2D eigenvalue weighted by Crippen LogP contribution is 2.49. The molecule has 3 aromatic rings. The minimum absolute atomic E-state index is 0.0141. The number of carbonyl (C=O) groups excluding carboxylic acids is 2. The van der Waals surface area contributed by atoms with E-state index in [1.165, 1.54) is 18.3 Å². The van der Waals surface area contributed by atoms with Crippen molar-refractivity contribution in [2.75, 3.05) is 16.8 Å². The summed E-state index contributed by atoms with van der Waals surface area (Å²) < 4.78 is 68.8. The molecule has 3 N–H and O–H groups in total. The molecule has 186 valence electrons. The quantitative estimate of drug-likeness (QED) is 0.426. The van der Waals surface area contributed by atoms with Crippen LogP contribution in [0, 0.1) is 11.6 Å². The van der Waals surface area contributed by atoms with Gasteiger partial charge in [0.2, 0.25) is 5.60 Å². The first-order valence-electron chi connectivity index (χ1n) is 10.3. The van der Waals surface area contributed by atoms with Gasteiger partial charge in [-0.3, -0.25) is 14.7 Å². The summed E-state index contributed by atoms with van der Waals surface area (Å²) in [6, 6.07) is 5.00. The fourth-order valence-electron chi connectivity index (χ4n) is 4.38. The summed E-state index contributed by atoms with van der Waals surface area (Å²) in [7, 11) is 0. The minimum atomic E-state index is -5.21. The van der Waals surface area contributed by atoms with Crippen LogP contribution in [0.2, 0.25) is 5.02 Å². The Morgan fingerprint density at radius 1 is 1.17 bits per heavy atom. The van der Waals surface area contributed by atoms with Gasteiger partial charge < -0.3 is 15.7 Å². The van der Waals surface area contributed by atoms with E-state index in [0.717, 1.165) is 24.3 Å². The van der Waals surface area contributed by atoms with Crippen molar-refractivity contribution < 1.29 is 36.6 Å². The summed E-state index contributed by atoms with van der Waals surface area (Å²) in [6.45, 7) is -1.23. The van der Waals surface area contributed by atoms with Gasteiger partial charge in [0.25, 0.3) is 5.91 Å². The van der Waals surface area contributed by atoms with Gasteiger partial charge in [0.15, 0.2) is 0 Å². The van der Waals surface area contributed by atoms with E-state index in [-0.39, 0.29) is 33.2 Å². The number of carbonyl (C=O) groups is 2. The highest BCUT2D eigenvalue weighted by atomic mass is 35.5. The van der Waals surface area contributed by atoms with Crippen LogP contribution in [0.3, 0.4) is 0 Å². The van der Waals surface area contributed by atoms with Crippen molar-refractivity contribution in [1.82, 2.24) is 10.3 Å². The van der Waals surface area contributed by atoms with Crippen LogP contribution in [0.15, 0.2) is 48.7 Å². The molecule has 13 heteroatoms. The molecule has 0 bridgehead atoms. The van der Waals surface area contributed by atoms with Crippen LogP contribution in [0.1, 0.15) is 33.2 Å². The standard InChI is InChI=1S/C23H14ClF5N4O3/c24-14-3-1-10(25)7-12(14)18-17-15(5-6-30-19(17)20(34)32-18)31-21(35)33-9-22(36,23(27,28)29)13-8-11(26)2-4-16(13)33/h1-8,18,36H,9H2,(H,32,34)(H,30,31,35)/t18-,22-/m0/s1. The predicted octanol–water partition coefficient (Wildman–Crippen LogP) is 4.65. The Morgan fingerprint density at radius 3 is 2.58 bits per heavy atom. The Labute approximate surface area is 204 Å². The zero-order valence-corrected chi connectivity index (χ0v) is 18.6. The number of urea groups is 1. The van der Waals surface area contributed by atoms with Crippen molar-refractivity contribution in [2.24, 2.45) is 0 Å². The Balaban J connectivity index is 1.54. The van der Waals surface area contributed by atoms with E-state index in [9.17, 15) is 36.6 Å². The molecule has 2 aliphatic rings. The summed E-state index contributed by atoms with van der Waals surface area (Å²) in [4.78, 5) is 30.3. The zero-order valence-electron chi connectivity index (χ0n) is 17.8. The van der Waals surface area contributed by atoms with Crippen molar-refractivity contribution >= 4 is 34.9 Å². The summed E-state index contributed by atoms with van der Waals surface area (Å²) in [5.41, 5.74) is -4.50. The number of pyridine rings is 1.